The molecular weight excluding hydrogens is 318 g/mol. The molecule has 1 saturated heterocycles. The summed E-state index contributed by atoms with van der Waals surface area (Å²) in [5.74, 6) is -0.348. The first-order valence-electron chi connectivity index (χ1n) is 8.35. The molecule has 0 radical (unpaired) electrons. The van der Waals surface area contributed by atoms with Gasteiger partial charge in [0.2, 0.25) is 5.91 Å². The van der Waals surface area contributed by atoms with Gasteiger partial charge in [-0.15, -0.1) is 0 Å². The van der Waals surface area contributed by atoms with Crippen molar-refractivity contribution in [2.24, 2.45) is 0 Å². The molecule has 6 nitrogen and oxygen atoms in total. The number of rotatable bonds is 5. The van der Waals surface area contributed by atoms with Gasteiger partial charge in [0.1, 0.15) is 6.04 Å². The summed E-state index contributed by atoms with van der Waals surface area (Å²) in [5, 5.41) is 2.88. The zero-order chi connectivity index (χ0) is 17.5. The number of hydrogen-bond donors (Lipinski definition) is 1. The van der Waals surface area contributed by atoms with Crippen molar-refractivity contribution in [3.8, 4) is 0 Å². The summed E-state index contributed by atoms with van der Waals surface area (Å²) in [7, 11) is 0. The average Bonchev–Trinajstić information content (AvgIpc) is 2.69. The summed E-state index contributed by atoms with van der Waals surface area (Å²) in [6.45, 7) is 2.16. The Balaban J connectivity index is 1.75. The number of pyridine rings is 1. The Morgan fingerprint density at radius 1 is 1.08 bits per heavy atom. The summed E-state index contributed by atoms with van der Waals surface area (Å²) in [4.78, 5) is 31.1. The fourth-order valence-corrected chi connectivity index (χ4v) is 2.80. The maximum absolute atomic E-state index is 12.9. The third kappa shape index (κ3) is 4.64. The van der Waals surface area contributed by atoms with Gasteiger partial charge >= 0.3 is 0 Å². The second-order valence-electron chi connectivity index (χ2n) is 5.89. The number of hydrogen-bond acceptors (Lipinski definition) is 4. The normalized spacial score (nSPS) is 15.4. The van der Waals surface area contributed by atoms with Crippen molar-refractivity contribution in [2.75, 3.05) is 26.3 Å². The summed E-state index contributed by atoms with van der Waals surface area (Å²) in [6.07, 6.45) is 3.57. The van der Waals surface area contributed by atoms with Crippen LogP contribution in [0.5, 0.6) is 0 Å². The fraction of sp³-hybridized carbons (Fsp3) is 0.316. The Bertz CT molecular complexity index is 700. The highest BCUT2D eigenvalue weighted by atomic mass is 16.5. The largest absolute Gasteiger partial charge is 0.378 e. The highest BCUT2D eigenvalue weighted by Crippen LogP contribution is 2.09. The molecule has 1 fully saturated rings. The van der Waals surface area contributed by atoms with Crippen LogP contribution >= 0.6 is 0 Å². The van der Waals surface area contributed by atoms with E-state index in [4.69, 9.17) is 4.74 Å². The number of nitrogens with zero attached hydrogens (tertiary/aromatic N) is 2. The lowest BCUT2D eigenvalue weighted by molar-refractivity contribution is -0.137. The smallest absolute Gasteiger partial charge is 0.252 e. The Morgan fingerprint density at radius 2 is 1.76 bits per heavy atom. The standard InChI is InChI=1S/C19H21N3O3/c23-18(16-6-8-20-9-7-16)21-17(14-15-4-2-1-3-5-15)19(24)22-10-12-25-13-11-22/h1-9,17H,10-14H2,(H,21,23)/t17-/m0/s1. The molecule has 0 unspecified atom stereocenters. The van der Waals surface area contributed by atoms with E-state index in [9.17, 15) is 9.59 Å². The van der Waals surface area contributed by atoms with Crippen LogP contribution < -0.4 is 5.32 Å². The maximum Gasteiger partial charge on any atom is 0.252 e. The van der Waals surface area contributed by atoms with Crippen molar-refractivity contribution in [3.63, 3.8) is 0 Å². The number of ether oxygens (including phenoxy) is 1. The molecule has 1 aliphatic rings. The van der Waals surface area contributed by atoms with Gasteiger partial charge in [-0.1, -0.05) is 30.3 Å². The third-order valence-corrected chi connectivity index (χ3v) is 4.15. The van der Waals surface area contributed by atoms with Gasteiger partial charge in [0.05, 0.1) is 13.2 Å². The van der Waals surface area contributed by atoms with Crippen LogP contribution in [-0.2, 0) is 16.0 Å². The molecule has 1 aromatic heterocycles. The van der Waals surface area contributed by atoms with Crippen molar-refractivity contribution in [1.29, 1.82) is 0 Å². The van der Waals surface area contributed by atoms with Crippen LogP contribution in [0.15, 0.2) is 54.9 Å². The van der Waals surface area contributed by atoms with Gasteiger partial charge in [-0.05, 0) is 17.7 Å². The van der Waals surface area contributed by atoms with Crippen molar-refractivity contribution >= 4 is 11.8 Å². The van der Waals surface area contributed by atoms with Crippen LogP contribution in [0.1, 0.15) is 15.9 Å². The Hall–Kier alpha value is -2.73. The molecule has 1 aromatic carbocycles. The minimum absolute atomic E-state index is 0.0745. The highest BCUT2D eigenvalue weighted by Gasteiger charge is 2.27. The highest BCUT2D eigenvalue weighted by molar-refractivity contribution is 5.97. The molecule has 0 spiro atoms. The number of nitrogens with one attached hydrogen (secondary N) is 1. The van der Waals surface area contributed by atoms with Crippen LogP contribution in [-0.4, -0.2) is 54.0 Å². The van der Waals surface area contributed by atoms with E-state index in [1.54, 1.807) is 29.4 Å². The van der Waals surface area contributed by atoms with E-state index in [1.807, 2.05) is 30.3 Å². The van der Waals surface area contributed by atoms with E-state index in [1.165, 1.54) is 0 Å². The number of benzene rings is 1. The number of carbonyl (C=O) groups excluding carboxylic acids is 2. The minimum atomic E-state index is -0.610. The second-order valence-corrected chi connectivity index (χ2v) is 5.89. The molecule has 0 aliphatic carbocycles. The molecule has 3 rings (SSSR count). The molecule has 0 bridgehead atoms. The van der Waals surface area contributed by atoms with Crippen LogP contribution in [0.3, 0.4) is 0 Å². The van der Waals surface area contributed by atoms with Gasteiger partial charge in [0, 0.05) is 37.5 Å². The molecule has 1 N–H and O–H groups in total. The van der Waals surface area contributed by atoms with Gasteiger partial charge in [-0.2, -0.15) is 0 Å². The molecule has 6 heteroatoms. The number of aromatic nitrogens is 1. The second kappa shape index (κ2) is 8.39. The first-order chi connectivity index (χ1) is 12.2. The summed E-state index contributed by atoms with van der Waals surface area (Å²) < 4.78 is 5.31. The van der Waals surface area contributed by atoms with Crippen LogP contribution in [0.25, 0.3) is 0 Å². The Morgan fingerprint density at radius 3 is 2.44 bits per heavy atom. The molecule has 0 saturated carbocycles. The quantitative estimate of drug-likeness (QED) is 0.891. The molecule has 2 heterocycles. The lowest BCUT2D eigenvalue weighted by Crippen LogP contribution is -2.52. The fourth-order valence-electron chi connectivity index (χ4n) is 2.80. The lowest BCUT2D eigenvalue weighted by atomic mass is 10.0. The number of carbonyl (C=O) groups is 2. The van der Waals surface area contributed by atoms with Crippen LogP contribution in [0.4, 0.5) is 0 Å². The van der Waals surface area contributed by atoms with Gasteiger partial charge < -0.3 is 15.0 Å². The number of amides is 2. The zero-order valence-electron chi connectivity index (χ0n) is 13.9. The van der Waals surface area contributed by atoms with Gasteiger partial charge in [-0.25, -0.2) is 0 Å². The monoisotopic (exact) mass is 339 g/mol. The Kier molecular flexibility index (Phi) is 5.74. The van der Waals surface area contributed by atoms with E-state index in [-0.39, 0.29) is 11.8 Å². The van der Waals surface area contributed by atoms with E-state index < -0.39 is 6.04 Å². The molecule has 2 aromatic rings. The zero-order valence-corrected chi connectivity index (χ0v) is 13.9. The molecule has 2 amide bonds. The van der Waals surface area contributed by atoms with Crippen LogP contribution in [0.2, 0.25) is 0 Å². The SMILES string of the molecule is O=C(N[C@@H](Cc1ccccc1)C(=O)N1CCOCC1)c1ccncc1. The van der Waals surface area contributed by atoms with Gasteiger partial charge in [0.15, 0.2) is 0 Å². The van der Waals surface area contributed by atoms with E-state index in [0.717, 1.165) is 5.56 Å². The summed E-state index contributed by atoms with van der Waals surface area (Å²) >= 11 is 0. The summed E-state index contributed by atoms with van der Waals surface area (Å²) in [6, 6.07) is 12.4. The lowest BCUT2D eigenvalue weighted by Gasteiger charge is -2.30. The molecule has 130 valence electrons. The van der Waals surface area contributed by atoms with E-state index >= 15 is 0 Å². The maximum atomic E-state index is 12.9. The molecule has 25 heavy (non-hydrogen) atoms. The van der Waals surface area contributed by atoms with Crippen LogP contribution in [0, 0.1) is 0 Å². The first kappa shape index (κ1) is 17.1. The predicted molar refractivity (Wildman–Crippen MR) is 93.0 cm³/mol. The number of morpholine rings is 1. The van der Waals surface area contributed by atoms with Crippen molar-refractivity contribution < 1.29 is 14.3 Å². The van der Waals surface area contributed by atoms with Crippen molar-refractivity contribution in [1.82, 2.24) is 15.2 Å². The molecule has 1 atom stereocenters. The first-order valence-corrected chi connectivity index (χ1v) is 8.35. The average molecular weight is 339 g/mol. The summed E-state index contributed by atoms with van der Waals surface area (Å²) in [5.41, 5.74) is 1.49. The van der Waals surface area contributed by atoms with E-state index in [2.05, 4.69) is 10.3 Å². The van der Waals surface area contributed by atoms with Gasteiger partial charge in [0.25, 0.3) is 5.91 Å². The van der Waals surface area contributed by atoms with Crippen molar-refractivity contribution in [3.05, 3.63) is 66.0 Å². The minimum Gasteiger partial charge on any atom is -0.378 e. The topological polar surface area (TPSA) is 71.5 Å². The third-order valence-electron chi connectivity index (χ3n) is 4.15. The molecule has 1 aliphatic heterocycles. The van der Waals surface area contributed by atoms with E-state index in [0.29, 0.717) is 38.3 Å². The Labute approximate surface area is 146 Å². The van der Waals surface area contributed by atoms with Gasteiger partial charge in [-0.3, -0.25) is 14.6 Å². The van der Waals surface area contributed by atoms with Crippen molar-refractivity contribution in [2.45, 2.75) is 12.5 Å². The molecular formula is C19H21N3O3. The predicted octanol–water partition coefficient (Wildman–Crippen LogP) is 1.28.